The second-order valence-electron chi connectivity index (χ2n) is 5.51. The van der Waals surface area contributed by atoms with Crippen molar-refractivity contribution in [2.45, 2.75) is 13.5 Å². The lowest BCUT2D eigenvalue weighted by Crippen LogP contribution is -2.17. The maximum absolute atomic E-state index is 11.9. The van der Waals surface area contributed by atoms with E-state index in [0.29, 0.717) is 33.5 Å². The molecule has 1 aromatic carbocycles. The lowest BCUT2D eigenvalue weighted by atomic mass is 10.2. The number of amides is 1. The smallest absolute Gasteiger partial charge is 0.267 e. The molecule has 132 valence electrons. The molecule has 1 N–H and O–H groups in total. The molecule has 3 rings (SSSR count). The van der Waals surface area contributed by atoms with Crippen molar-refractivity contribution in [2.75, 3.05) is 0 Å². The van der Waals surface area contributed by atoms with Gasteiger partial charge in [-0.05, 0) is 36.8 Å². The first-order valence-electron chi connectivity index (χ1n) is 7.75. The summed E-state index contributed by atoms with van der Waals surface area (Å²) in [4.78, 5) is 15.8. The number of rotatable bonds is 5. The number of hydrazone groups is 1. The highest BCUT2D eigenvalue weighted by atomic mass is 35.5. The Hall–Kier alpha value is -2.70. The minimum atomic E-state index is -0.350. The van der Waals surface area contributed by atoms with E-state index in [9.17, 15) is 4.79 Å². The van der Waals surface area contributed by atoms with Gasteiger partial charge in [-0.2, -0.15) is 10.2 Å². The fourth-order valence-corrected chi connectivity index (χ4v) is 2.71. The van der Waals surface area contributed by atoms with Crippen LogP contribution in [0.3, 0.4) is 0 Å². The fourth-order valence-electron chi connectivity index (χ4n) is 2.30. The fraction of sp³-hybridized carbons (Fsp3) is 0.111. The van der Waals surface area contributed by atoms with E-state index in [1.807, 2.05) is 31.2 Å². The van der Waals surface area contributed by atoms with Gasteiger partial charge in [0.1, 0.15) is 5.15 Å². The third kappa shape index (κ3) is 4.28. The molecule has 0 unspecified atom stereocenters. The minimum Gasteiger partial charge on any atom is -0.267 e. The largest absolute Gasteiger partial charge is 0.272 e. The van der Waals surface area contributed by atoms with Crippen LogP contribution in [0.2, 0.25) is 10.2 Å². The van der Waals surface area contributed by atoms with Crippen LogP contribution >= 0.6 is 23.2 Å². The quantitative estimate of drug-likeness (QED) is 0.535. The SMILES string of the molecule is Cc1nn(Cc2ccc(Cl)cc2)c(Cl)c1C=NNC(=O)c1cccnc1. The van der Waals surface area contributed by atoms with E-state index in [-0.39, 0.29) is 5.91 Å². The lowest BCUT2D eigenvalue weighted by Gasteiger charge is -2.03. The van der Waals surface area contributed by atoms with Gasteiger partial charge in [0.2, 0.25) is 0 Å². The van der Waals surface area contributed by atoms with Crippen LogP contribution in [-0.2, 0) is 6.54 Å². The number of benzene rings is 1. The van der Waals surface area contributed by atoms with E-state index in [1.165, 1.54) is 12.4 Å². The highest BCUT2D eigenvalue weighted by Crippen LogP contribution is 2.20. The molecule has 3 aromatic rings. The highest BCUT2D eigenvalue weighted by Gasteiger charge is 2.12. The zero-order chi connectivity index (χ0) is 18.5. The van der Waals surface area contributed by atoms with E-state index >= 15 is 0 Å². The van der Waals surface area contributed by atoms with Crippen LogP contribution in [0.15, 0.2) is 53.9 Å². The molecule has 26 heavy (non-hydrogen) atoms. The van der Waals surface area contributed by atoms with Gasteiger partial charge in [0, 0.05) is 17.4 Å². The number of aromatic nitrogens is 3. The standard InChI is InChI=1S/C18H15Cl2N5O/c1-12-16(10-22-23-18(26)14-3-2-8-21-9-14)17(20)25(24-12)11-13-4-6-15(19)7-5-13/h2-10H,11H2,1H3,(H,23,26). The first-order valence-corrected chi connectivity index (χ1v) is 8.51. The Balaban J connectivity index is 1.71. The molecular weight excluding hydrogens is 373 g/mol. The average Bonchev–Trinajstić information content (AvgIpc) is 2.91. The second-order valence-corrected chi connectivity index (χ2v) is 6.31. The first kappa shape index (κ1) is 18.1. The summed E-state index contributed by atoms with van der Waals surface area (Å²) in [6.45, 7) is 2.33. The topological polar surface area (TPSA) is 72.2 Å². The molecule has 1 amide bonds. The maximum Gasteiger partial charge on any atom is 0.272 e. The van der Waals surface area contributed by atoms with Crippen LogP contribution in [0.4, 0.5) is 0 Å². The molecule has 0 aliphatic carbocycles. The van der Waals surface area contributed by atoms with Crippen LogP contribution in [0.5, 0.6) is 0 Å². The molecule has 2 aromatic heterocycles. The molecular formula is C18H15Cl2N5O. The van der Waals surface area contributed by atoms with Crippen molar-refractivity contribution in [2.24, 2.45) is 5.10 Å². The Labute approximate surface area is 160 Å². The van der Waals surface area contributed by atoms with Crippen LogP contribution < -0.4 is 5.43 Å². The predicted octanol–water partition coefficient (Wildman–Crippen LogP) is 3.71. The third-order valence-corrected chi connectivity index (χ3v) is 4.29. The van der Waals surface area contributed by atoms with Gasteiger partial charge in [-0.1, -0.05) is 35.3 Å². The Kier molecular flexibility index (Phi) is 5.65. The van der Waals surface area contributed by atoms with Crippen LogP contribution in [0, 0.1) is 6.92 Å². The van der Waals surface area contributed by atoms with E-state index < -0.39 is 0 Å². The number of pyridine rings is 1. The number of nitrogens with one attached hydrogen (secondary N) is 1. The first-order chi connectivity index (χ1) is 12.5. The zero-order valence-electron chi connectivity index (χ0n) is 13.9. The Morgan fingerprint density at radius 2 is 2.04 bits per heavy atom. The summed E-state index contributed by atoms with van der Waals surface area (Å²) in [6, 6.07) is 10.8. The van der Waals surface area contributed by atoms with Crippen LogP contribution in [0.1, 0.15) is 27.2 Å². The average molecular weight is 388 g/mol. The molecule has 0 aliphatic rings. The van der Waals surface area contributed by atoms with Crippen molar-refractivity contribution in [1.29, 1.82) is 0 Å². The van der Waals surface area contributed by atoms with Crippen molar-refractivity contribution >= 4 is 35.3 Å². The monoisotopic (exact) mass is 387 g/mol. The molecule has 0 radical (unpaired) electrons. The molecule has 0 saturated heterocycles. The summed E-state index contributed by atoms with van der Waals surface area (Å²) >= 11 is 12.3. The molecule has 0 atom stereocenters. The summed E-state index contributed by atoms with van der Waals surface area (Å²) in [5, 5.41) is 9.50. The maximum atomic E-state index is 11.9. The summed E-state index contributed by atoms with van der Waals surface area (Å²) in [6.07, 6.45) is 4.54. The number of hydrogen-bond donors (Lipinski definition) is 1. The Bertz CT molecular complexity index is 936. The molecule has 0 fully saturated rings. The highest BCUT2D eigenvalue weighted by molar-refractivity contribution is 6.32. The Morgan fingerprint density at radius 3 is 2.73 bits per heavy atom. The second kappa shape index (κ2) is 8.12. The van der Waals surface area contributed by atoms with E-state index in [0.717, 1.165) is 5.56 Å². The summed E-state index contributed by atoms with van der Waals surface area (Å²) in [7, 11) is 0. The van der Waals surface area contributed by atoms with Crippen LogP contribution in [0.25, 0.3) is 0 Å². The van der Waals surface area contributed by atoms with E-state index in [1.54, 1.807) is 23.0 Å². The molecule has 0 bridgehead atoms. The molecule has 6 nitrogen and oxygen atoms in total. The van der Waals surface area contributed by atoms with Gasteiger partial charge < -0.3 is 0 Å². The van der Waals surface area contributed by atoms with E-state index in [2.05, 4.69) is 20.6 Å². The van der Waals surface area contributed by atoms with Gasteiger partial charge in [0.05, 0.1) is 29.6 Å². The number of carbonyl (C=O) groups excluding carboxylic acids is 1. The number of nitrogens with zero attached hydrogens (tertiary/aromatic N) is 4. The molecule has 8 heteroatoms. The third-order valence-electron chi connectivity index (χ3n) is 3.64. The zero-order valence-corrected chi connectivity index (χ0v) is 15.4. The van der Waals surface area contributed by atoms with Gasteiger partial charge in [-0.15, -0.1) is 0 Å². The van der Waals surface area contributed by atoms with Gasteiger partial charge in [-0.25, -0.2) is 10.1 Å². The molecule has 0 spiro atoms. The summed E-state index contributed by atoms with van der Waals surface area (Å²) in [5.41, 5.74) is 5.25. The molecule has 2 heterocycles. The van der Waals surface area contributed by atoms with Crippen molar-refractivity contribution in [3.8, 4) is 0 Å². The van der Waals surface area contributed by atoms with E-state index in [4.69, 9.17) is 23.2 Å². The minimum absolute atomic E-state index is 0.350. The Morgan fingerprint density at radius 1 is 1.27 bits per heavy atom. The van der Waals surface area contributed by atoms with Crippen molar-refractivity contribution < 1.29 is 4.79 Å². The van der Waals surface area contributed by atoms with Gasteiger partial charge in [0.15, 0.2) is 0 Å². The van der Waals surface area contributed by atoms with Gasteiger partial charge in [-0.3, -0.25) is 9.78 Å². The predicted molar refractivity (Wildman–Crippen MR) is 102 cm³/mol. The normalized spacial score (nSPS) is 11.0. The molecule has 0 aliphatic heterocycles. The van der Waals surface area contributed by atoms with Crippen LogP contribution in [-0.4, -0.2) is 26.9 Å². The number of halogens is 2. The molecule has 0 saturated carbocycles. The number of aryl methyl sites for hydroxylation is 1. The number of carbonyl (C=O) groups is 1. The van der Waals surface area contributed by atoms with Crippen molar-refractivity contribution in [1.82, 2.24) is 20.2 Å². The van der Waals surface area contributed by atoms with Gasteiger partial charge in [0.25, 0.3) is 5.91 Å². The van der Waals surface area contributed by atoms with Gasteiger partial charge >= 0.3 is 0 Å². The number of hydrogen-bond acceptors (Lipinski definition) is 4. The summed E-state index contributed by atoms with van der Waals surface area (Å²) in [5.74, 6) is -0.350. The van der Waals surface area contributed by atoms with Crippen molar-refractivity contribution in [3.63, 3.8) is 0 Å². The van der Waals surface area contributed by atoms with Crippen molar-refractivity contribution in [3.05, 3.63) is 81.4 Å². The lowest BCUT2D eigenvalue weighted by molar-refractivity contribution is 0.0955. The summed E-state index contributed by atoms with van der Waals surface area (Å²) < 4.78 is 1.67.